The van der Waals surface area contributed by atoms with Crippen molar-refractivity contribution < 1.29 is 47.4 Å². The van der Waals surface area contributed by atoms with Gasteiger partial charge in [0.2, 0.25) is 0 Å². The van der Waals surface area contributed by atoms with E-state index in [1.807, 2.05) is 44.2 Å². The molecule has 336 valence electrons. The van der Waals surface area contributed by atoms with Crippen LogP contribution >= 0.6 is 0 Å². The number of rotatable bonds is 9. The summed E-state index contributed by atoms with van der Waals surface area (Å²) in [4.78, 5) is 28.1. The van der Waals surface area contributed by atoms with Crippen LogP contribution < -0.4 is 25.0 Å². The normalized spacial score (nSPS) is 12.8. The second-order valence-corrected chi connectivity index (χ2v) is 16.4. The summed E-state index contributed by atoms with van der Waals surface area (Å²) in [6.45, 7) is 19.5. The predicted molar refractivity (Wildman–Crippen MR) is 238 cm³/mol. The number of nitrogens with one attached hydrogen (secondary N) is 1. The molecule has 0 unspecified atom stereocenters. The Hall–Kier alpha value is -5.69. The van der Waals surface area contributed by atoms with Crippen LogP contribution in [-0.4, -0.2) is 34.0 Å². The Morgan fingerprint density at radius 2 is 1.25 bits per heavy atom. The molecule has 3 aromatic heterocycles. The maximum atomic E-state index is 12.7. The zero-order chi connectivity index (χ0) is 45.5. The summed E-state index contributed by atoms with van der Waals surface area (Å²) >= 11 is 0. The molecule has 0 fully saturated rings. The Kier molecular flexibility index (Phi) is 14.0. The topological polar surface area (TPSA) is 87.4 Å². The molecule has 0 amide bonds. The van der Waals surface area contributed by atoms with Crippen LogP contribution in [0.15, 0.2) is 85.5 Å². The van der Waals surface area contributed by atoms with Crippen molar-refractivity contribution in [2.24, 2.45) is 0 Å². The minimum Gasteiger partial charge on any atom is -0.657 e. The van der Waals surface area contributed by atoms with Gasteiger partial charge in [0, 0.05) is 24.8 Å². The summed E-state index contributed by atoms with van der Waals surface area (Å²) in [5, 5.41) is 3.62. The predicted octanol–water partition coefficient (Wildman–Crippen LogP) is 12.8. The van der Waals surface area contributed by atoms with Crippen molar-refractivity contribution >= 4 is 50.6 Å². The van der Waals surface area contributed by atoms with Crippen LogP contribution in [0.2, 0.25) is 0 Å². The molecular formula is C48H47F6N9Pt. The number of hydrogen-bond donors (Lipinski definition) is 1. The number of halogens is 6. The Labute approximate surface area is 383 Å². The Bertz CT molecular complexity index is 2670. The molecule has 0 atom stereocenters. The zero-order valence-corrected chi connectivity index (χ0v) is 38.9. The molecule has 9 nitrogen and oxygen atoms in total. The number of nitrogens with zero attached hydrogens (tertiary/aromatic N) is 8. The van der Waals surface area contributed by atoms with Gasteiger partial charge in [-0.25, -0.2) is 15.0 Å². The van der Waals surface area contributed by atoms with Gasteiger partial charge >= 0.3 is 33.4 Å². The number of anilines is 5. The maximum absolute atomic E-state index is 12.7. The van der Waals surface area contributed by atoms with Gasteiger partial charge < -0.3 is 25.0 Å². The first-order valence-electron chi connectivity index (χ1n) is 20.4. The van der Waals surface area contributed by atoms with E-state index in [-0.39, 0.29) is 42.9 Å². The summed E-state index contributed by atoms with van der Waals surface area (Å²) in [5.74, 6) is 3.53. The van der Waals surface area contributed by atoms with E-state index in [1.54, 1.807) is 24.8 Å². The van der Waals surface area contributed by atoms with E-state index in [1.165, 1.54) is 22.3 Å². The molecule has 8 rings (SSSR count). The minimum atomic E-state index is -4.56. The van der Waals surface area contributed by atoms with Gasteiger partial charge in [0.15, 0.2) is 0 Å². The van der Waals surface area contributed by atoms with Crippen molar-refractivity contribution in [3.8, 4) is 11.1 Å². The number of aryl methyl sites for hydroxylation is 1. The van der Waals surface area contributed by atoms with Gasteiger partial charge in [-0.3, -0.25) is 4.98 Å². The monoisotopic (exact) mass is 1060 g/mol. The van der Waals surface area contributed by atoms with Crippen LogP contribution in [0.1, 0.15) is 92.8 Å². The summed E-state index contributed by atoms with van der Waals surface area (Å²) in [5.41, 5.74) is 7.71. The SMILES string of the molecule is Cc1nccnc1N(C)[CH-]Nc1[c-]c(N2[CH-]N(C)c3nccnc32)cc(-c2c(C(C)C)cc(C(C)C)cc2C(C)C)c1.FC(F)(F)c1ccc2[n-]c3ccc(C(F)(F)F)cc3c2c1.[Pt+4]. The van der Waals surface area contributed by atoms with E-state index < -0.39 is 23.5 Å². The Morgan fingerprint density at radius 3 is 1.77 bits per heavy atom. The zero-order valence-electron chi connectivity index (χ0n) is 36.6. The van der Waals surface area contributed by atoms with E-state index in [0.29, 0.717) is 17.8 Å². The molecule has 1 aliphatic rings. The molecule has 7 aromatic rings. The molecule has 0 saturated carbocycles. The van der Waals surface area contributed by atoms with E-state index in [4.69, 9.17) is 0 Å². The van der Waals surface area contributed by atoms with E-state index in [0.717, 1.165) is 76.5 Å². The van der Waals surface area contributed by atoms with Crippen molar-refractivity contribution in [3.05, 3.63) is 138 Å². The third kappa shape index (κ3) is 9.99. The van der Waals surface area contributed by atoms with E-state index in [2.05, 4.69) is 107 Å². The van der Waals surface area contributed by atoms with Gasteiger partial charge in [0.05, 0.1) is 16.8 Å². The standard InChI is InChI=1S/C34H41N8.C14H6F6N.Pt/c1-21(2)25-16-29(22(3)4)31(30(17-25)23(5)6)26-14-27(39-19-40(8)32-24(7)35-10-11-36-32)18-28(15-26)42-20-41(9)33-34(42)38-13-12-37-33;15-13(16,17)7-1-3-11-9(5-7)10-6-8(14(18,19)20)2-4-12(10)21-11;/h10-17,19-23,39H,1-9H3;1-6H;/q-3;-1;+4. The number of hydrogen-bond acceptors (Lipinski definition) is 8. The number of alkyl halides is 6. The molecule has 0 spiro atoms. The Morgan fingerprint density at radius 1 is 0.719 bits per heavy atom. The Balaban J connectivity index is 0.000000259. The maximum Gasteiger partial charge on any atom is 4.00 e. The summed E-state index contributed by atoms with van der Waals surface area (Å²) in [6, 6.07) is 18.5. The minimum absolute atomic E-state index is 0. The van der Waals surface area contributed by atoms with Crippen LogP contribution in [0.25, 0.3) is 32.9 Å². The molecule has 16 heteroatoms. The second kappa shape index (κ2) is 18.8. The average Bonchev–Trinajstić information content (AvgIpc) is 3.78. The largest absolute Gasteiger partial charge is 4.00 e. The third-order valence-electron chi connectivity index (χ3n) is 10.8. The molecule has 1 aliphatic heterocycles. The van der Waals surface area contributed by atoms with Crippen molar-refractivity contribution in [3.63, 3.8) is 0 Å². The molecule has 0 saturated heterocycles. The molecule has 64 heavy (non-hydrogen) atoms. The molecule has 1 N–H and O–H groups in total. The fourth-order valence-corrected chi connectivity index (χ4v) is 7.55. The molecule has 0 aliphatic carbocycles. The van der Waals surface area contributed by atoms with Gasteiger partial charge in [-0.2, -0.15) is 33.0 Å². The van der Waals surface area contributed by atoms with E-state index in [9.17, 15) is 26.3 Å². The average molecular weight is 1060 g/mol. The number of benzene rings is 4. The summed E-state index contributed by atoms with van der Waals surface area (Å²) in [6.07, 6.45) is -2.25. The van der Waals surface area contributed by atoms with Crippen LogP contribution in [0, 0.1) is 26.3 Å². The number of fused-ring (bicyclic) bond motifs is 4. The van der Waals surface area contributed by atoms with Crippen LogP contribution in [0.5, 0.6) is 0 Å². The van der Waals surface area contributed by atoms with Gasteiger partial charge in [-0.15, -0.1) is 52.8 Å². The second-order valence-electron chi connectivity index (χ2n) is 16.4. The summed E-state index contributed by atoms with van der Waals surface area (Å²) in [7, 11) is 3.95. The first kappa shape index (κ1) is 47.8. The van der Waals surface area contributed by atoms with E-state index >= 15 is 0 Å². The smallest absolute Gasteiger partial charge is 0.657 e. The van der Waals surface area contributed by atoms with Gasteiger partial charge in [-0.05, 0) is 83.9 Å². The van der Waals surface area contributed by atoms with Gasteiger partial charge in [0.1, 0.15) is 17.5 Å². The quantitative estimate of drug-likeness (QED) is 0.112. The third-order valence-corrected chi connectivity index (χ3v) is 10.8. The first-order chi connectivity index (χ1) is 29.7. The van der Waals surface area contributed by atoms with Crippen LogP contribution in [0.3, 0.4) is 0 Å². The van der Waals surface area contributed by atoms with Crippen molar-refractivity contribution in [2.75, 3.05) is 34.1 Å². The molecule has 0 bridgehead atoms. The van der Waals surface area contributed by atoms with Gasteiger partial charge in [-0.1, -0.05) is 77.9 Å². The molecular weight excluding hydrogens is 1010 g/mol. The van der Waals surface area contributed by atoms with Gasteiger partial charge in [0.25, 0.3) is 0 Å². The summed E-state index contributed by atoms with van der Waals surface area (Å²) < 4.78 is 76.1. The van der Waals surface area contributed by atoms with Crippen LogP contribution in [-0.2, 0) is 33.4 Å². The fraction of sp³-hybridized carbons (Fsp3) is 0.292. The van der Waals surface area contributed by atoms with Crippen molar-refractivity contribution in [1.82, 2.24) is 24.9 Å². The van der Waals surface area contributed by atoms with Crippen LogP contribution in [0.4, 0.5) is 55.2 Å². The molecule has 4 aromatic carbocycles. The van der Waals surface area contributed by atoms with Crippen molar-refractivity contribution in [1.29, 1.82) is 0 Å². The first-order valence-corrected chi connectivity index (χ1v) is 20.4. The number of aromatic nitrogens is 5. The molecule has 0 radical (unpaired) electrons. The fourth-order valence-electron chi connectivity index (χ4n) is 7.55. The van der Waals surface area contributed by atoms with Crippen molar-refractivity contribution in [2.45, 2.75) is 78.6 Å². The molecule has 4 heterocycles.